The summed E-state index contributed by atoms with van der Waals surface area (Å²) in [6.45, 7) is 1.27. The van der Waals surface area contributed by atoms with Crippen molar-refractivity contribution in [1.29, 1.82) is 0 Å². The van der Waals surface area contributed by atoms with Gasteiger partial charge < -0.3 is 9.67 Å². The number of aliphatic hydroxyl groups excluding tert-OH is 1. The van der Waals surface area contributed by atoms with Crippen LogP contribution in [0, 0.1) is 5.92 Å². The van der Waals surface area contributed by atoms with Crippen molar-refractivity contribution in [3.8, 4) is 0 Å². The lowest BCUT2D eigenvalue weighted by Gasteiger charge is -2.04. The average molecular weight is 201 g/mol. The molecular weight excluding hydrogens is 186 g/mol. The van der Waals surface area contributed by atoms with E-state index in [1.165, 1.54) is 23.7 Å². The highest BCUT2D eigenvalue weighted by Crippen LogP contribution is 2.32. The van der Waals surface area contributed by atoms with Crippen molar-refractivity contribution in [1.82, 2.24) is 4.57 Å². The molecule has 3 rings (SSSR count). The highest BCUT2D eigenvalue weighted by Gasteiger charge is 2.22. The van der Waals surface area contributed by atoms with Crippen molar-refractivity contribution in [2.75, 3.05) is 0 Å². The molecular formula is C13H15NO. The van der Waals surface area contributed by atoms with Gasteiger partial charge >= 0.3 is 0 Å². The quantitative estimate of drug-likeness (QED) is 0.811. The Hall–Kier alpha value is -1.28. The summed E-state index contributed by atoms with van der Waals surface area (Å²) in [6, 6.07) is 8.27. The molecule has 2 nitrogen and oxygen atoms in total. The summed E-state index contributed by atoms with van der Waals surface area (Å²) >= 11 is 0. The predicted octanol–water partition coefficient (Wildman–Crippen LogP) is 2.54. The van der Waals surface area contributed by atoms with Crippen molar-refractivity contribution in [3.05, 3.63) is 36.0 Å². The van der Waals surface area contributed by atoms with E-state index < -0.39 is 0 Å². The van der Waals surface area contributed by atoms with E-state index in [4.69, 9.17) is 0 Å². The monoisotopic (exact) mass is 201 g/mol. The van der Waals surface area contributed by atoms with E-state index in [0.717, 1.165) is 18.0 Å². The molecule has 1 aliphatic rings. The summed E-state index contributed by atoms with van der Waals surface area (Å²) in [5.74, 6) is 0.887. The van der Waals surface area contributed by atoms with Crippen molar-refractivity contribution in [2.45, 2.75) is 26.0 Å². The first-order valence-corrected chi connectivity index (χ1v) is 5.56. The molecule has 0 saturated heterocycles. The average Bonchev–Trinajstić information content (AvgIpc) is 2.99. The first-order valence-electron chi connectivity index (χ1n) is 5.56. The van der Waals surface area contributed by atoms with Gasteiger partial charge in [0.15, 0.2) is 0 Å². The van der Waals surface area contributed by atoms with Crippen LogP contribution in [0.1, 0.15) is 18.4 Å². The Balaban J connectivity index is 2.08. The highest BCUT2D eigenvalue weighted by atomic mass is 16.3. The van der Waals surface area contributed by atoms with Gasteiger partial charge in [-0.05, 0) is 36.5 Å². The molecule has 0 bridgehead atoms. The predicted molar refractivity (Wildman–Crippen MR) is 60.6 cm³/mol. The zero-order chi connectivity index (χ0) is 10.3. The van der Waals surface area contributed by atoms with Gasteiger partial charge in [0.1, 0.15) is 0 Å². The zero-order valence-electron chi connectivity index (χ0n) is 8.69. The van der Waals surface area contributed by atoms with Gasteiger partial charge in [-0.3, -0.25) is 0 Å². The van der Waals surface area contributed by atoms with Crippen LogP contribution >= 0.6 is 0 Å². The van der Waals surface area contributed by atoms with E-state index in [0.29, 0.717) is 0 Å². The van der Waals surface area contributed by atoms with E-state index in [-0.39, 0.29) is 6.61 Å². The molecule has 2 heteroatoms. The molecule has 1 heterocycles. The number of aliphatic hydroxyl groups is 1. The third-order valence-corrected chi connectivity index (χ3v) is 3.23. The smallest absolute Gasteiger partial charge is 0.0688 e. The molecule has 2 aromatic rings. The zero-order valence-corrected chi connectivity index (χ0v) is 8.69. The molecule has 1 fully saturated rings. The summed E-state index contributed by atoms with van der Waals surface area (Å²) in [7, 11) is 0. The maximum atomic E-state index is 9.23. The molecule has 1 aliphatic carbocycles. The number of hydrogen-bond donors (Lipinski definition) is 1. The number of benzene rings is 1. The third-order valence-electron chi connectivity index (χ3n) is 3.23. The van der Waals surface area contributed by atoms with E-state index in [1.807, 2.05) is 12.1 Å². The van der Waals surface area contributed by atoms with Crippen LogP contribution in [0.2, 0.25) is 0 Å². The fraction of sp³-hybridized carbons (Fsp3) is 0.385. The van der Waals surface area contributed by atoms with Crippen LogP contribution in [-0.4, -0.2) is 9.67 Å². The third kappa shape index (κ3) is 1.55. The molecule has 0 atom stereocenters. The largest absolute Gasteiger partial charge is 0.392 e. The Morgan fingerprint density at radius 1 is 1.27 bits per heavy atom. The summed E-state index contributed by atoms with van der Waals surface area (Å²) in [4.78, 5) is 0. The number of nitrogens with zero attached hydrogens (tertiary/aromatic N) is 1. The van der Waals surface area contributed by atoms with Gasteiger partial charge in [0, 0.05) is 23.6 Å². The van der Waals surface area contributed by atoms with Crippen molar-refractivity contribution in [3.63, 3.8) is 0 Å². The second-order valence-corrected chi connectivity index (χ2v) is 4.42. The van der Waals surface area contributed by atoms with Crippen molar-refractivity contribution >= 4 is 10.9 Å². The first kappa shape index (κ1) is 8.98. The molecule has 1 aromatic heterocycles. The molecule has 0 radical (unpaired) electrons. The van der Waals surface area contributed by atoms with Gasteiger partial charge in [0.25, 0.3) is 0 Å². The highest BCUT2D eigenvalue weighted by molar-refractivity contribution is 5.83. The summed E-state index contributed by atoms with van der Waals surface area (Å²) in [5, 5.41) is 10.4. The van der Waals surface area contributed by atoms with Gasteiger partial charge in [-0.15, -0.1) is 0 Å². The first-order chi connectivity index (χ1) is 7.38. The van der Waals surface area contributed by atoms with Crippen LogP contribution in [0.5, 0.6) is 0 Å². The summed E-state index contributed by atoms with van der Waals surface area (Å²) in [6.07, 6.45) is 4.89. The SMILES string of the molecule is OCc1cccc2c1ccn2CC1CC1. The van der Waals surface area contributed by atoms with Crippen LogP contribution in [0.25, 0.3) is 10.9 Å². The van der Waals surface area contributed by atoms with E-state index in [2.05, 4.69) is 22.9 Å². The lowest BCUT2D eigenvalue weighted by molar-refractivity contribution is 0.283. The minimum Gasteiger partial charge on any atom is -0.392 e. The van der Waals surface area contributed by atoms with E-state index in [1.54, 1.807) is 0 Å². The summed E-state index contributed by atoms with van der Waals surface area (Å²) in [5.41, 5.74) is 2.29. The number of aromatic nitrogens is 1. The number of fused-ring (bicyclic) bond motifs is 1. The molecule has 0 amide bonds. The molecule has 78 valence electrons. The van der Waals surface area contributed by atoms with E-state index >= 15 is 0 Å². The molecule has 0 unspecified atom stereocenters. The minimum atomic E-state index is 0.130. The van der Waals surface area contributed by atoms with Crippen LogP contribution in [0.4, 0.5) is 0 Å². The Kier molecular flexibility index (Phi) is 2.03. The number of rotatable bonds is 3. The van der Waals surface area contributed by atoms with Crippen LogP contribution in [0.3, 0.4) is 0 Å². The molecule has 1 N–H and O–H groups in total. The van der Waals surface area contributed by atoms with Gasteiger partial charge in [-0.25, -0.2) is 0 Å². The molecule has 0 spiro atoms. The Morgan fingerprint density at radius 3 is 2.87 bits per heavy atom. The van der Waals surface area contributed by atoms with Crippen LogP contribution in [-0.2, 0) is 13.2 Å². The van der Waals surface area contributed by atoms with Crippen molar-refractivity contribution in [2.24, 2.45) is 5.92 Å². The fourth-order valence-electron chi connectivity index (χ4n) is 2.16. The Morgan fingerprint density at radius 2 is 2.13 bits per heavy atom. The fourth-order valence-corrected chi connectivity index (χ4v) is 2.16. The van der Waals surface area contributed by atoms with Crippen LogP contribution < -0.4 is 0 Å². The lowest BCUT2D eigenvalue weighted by Crippen LogP contribution is -1.97. The molecule has 0 aliphatic heterocycles. The van der Waals surface area contributed by atoms with Crippen molar-refractivity contribution < 1.29 is 5.11 Å². The second kappa shape index (κ2) is 3.38. The molecule has 1 saturated carbocycles. The lowest BCUT2D eigenvalue weighted by atomic mass is 10.1. The molecule has 1 aromatic carbocycles. The molecule has 15 heavy (non-hydrogen) atoms. The maximum absolute atomic E-state index is 9.23. The van der Waals surface area contributed by atoms with Gasteiger partial charge in [-0.1, -0.05) is 12.1 Å². The van der Waals surface area contributed by atoms with Gasteiger partial charge in [-0.2, -0.15) is 0 Å². The minimum absolute atomic E-state index is 0.130. The second-order valence-electron chi connectivity index (χ2n) is 4.42. The normalized spacial score (nSPS) is 16.1. The van der Waals surface area contributed by atoms with Gasteiger partial charge in [0.2, 0.25) is 0 Å². The van der Waals surface area contributed by atoms with Crippen LogP contribution in [0.15, 0.2) is 30.5 Å². The topological polar surface area (TPSA) is 25.2 Å². The Bertz CT molecular complexity index is 482. The maximum Gasteiger partial charge on any atom is 0.0688 e. The number of hydrogen-bond acceptors (Lipinski definition) is 1. The van der Waals surface area contributed by atoms with E-state index in [9.17, 15) is 5.11 Å². The standard InChI is InChI=1S/C13H15NO/c15-9-11-2-1-3-13-12(11)6-7-14(13)8-10-4-5-10/h1-3,6-7,10,15H,4-5,8-9H2. The summed E-state index contributed by atoms with van der Waals surface area (Å²) < 4.78 is 2.31. The Labute approximate surface area is 89.1 Å². The van der Waals surface area contributed by atoms with Gasteiger partial charge in [0.05, 0.1) is 6.61 Å².